The Bertz CT molecular complexity index is 633. The fourth-order valence-corrected chi connectivity index (χ4v) is 1.92. The molecule has 3 heteroatoms. The van der Waals surface area contributed by atoms with Gasteiger partial charge in [0.1, 0.15) is 11.5 Å². The van der Waals surface area contributed by atoms with E-state index in [1.165, 1.54) is 5.56 Å². The molecule has 0 N–H and O–H groups in total. The largest absolute Gasteiger partial charge is 0.497 e. The van der Waals surface area contributed by atoms with E-state index >= 15 is 0 Å². The van der Waals surface area contributed by atoms with Crippen LogP contribution < -0.4 is 9.47 Å². The maximum absolute atomic E-state index is 5.36. The standard InChI is InChI=1S/C17H19NO2/c1-12-5-6-13(2)16(9-12)18-11-14-7-8-15(19-3)10-17(14)20-4/h5-11H,1-4H3. The van der Waals surface area contributed by atoms with Gasteiger partial charge in [-0.25, -0.2) is 0 Å². The normalized spacial score (nSPS) is 10.8. The smallest absolute Gasteiger partial charge is 0.131 e. The second-order valence-corrected chi connectivity index (χ2v) is 4.66. The molecule has 0 spiro atoms. The summed E-state index contributed by atoms with van der Waals surface area (Å²) in [5.41, 5.74) is 4.25. The highest BCUT2D eigenvalue weighted by Crippen LogP contribution is 2.25. The zero-order valence-corrected chi connectivity index (χ0v) is 12.3. The Morgan fingerprint density at radius 1 is 0.950 bits per heavy atom. The van der Waals surface area contributed by atoms with Gasteiger partial charge in [-0.05, 0) is 43.2 Å². The summed E-state index contributed by atoms with van der Waals surface area (Å²) >= 11 is 0. The maximum atomic E-state index is 5.36. The molecular formula is C17H19NO2. The molecule has 0 fully saturated rings. The molecule has 0 aromatic heterocycles. The average molecular weight is 269 g/mol. The first kappa shape index (κ1) is 14.1. The lowest BCUT2D eigenvalue weighted by molar-refractivity contribution is 0.394. The van der Waals surface area contributed by atoms with E-state index in [2.05, 4.69) is 37.0 Å². The van der Waals surface area contributed by atoms with Crippen molar-refractivity contribution in [2.45, 2.75) is 13.8 Å². The Morgan fingerprint density at radius 3 is 2.45 bits per heavy atom. The molecule has 2 aromatic rings. The lowest BCUT2D eigenvalue weighted by atomic mass is 10.1. The second-order valence-electron chi connectivity index (χ2n) is 4.66. The number of ether oxygens (including phenoxy) is 2. The molecule has 0 heterocycles. The molecule has 0 radical (unpaired) electrons. The Hall–Kier alpha value is -2.29. The van der Waals surface area contributed by atoms with E-state index in [4.69, 9.17) is 9.47 Å². The number of hydrogen-bond acceptors (Lipinski definition) is 3. The van der Waals surface area contributed by atoms with Crippen molar-refractivity contribution in [3.05, 3.63) is 53.1 Å². The topological polar surface area (TPSA) is 30.8 Å². The zero-order chi connectivity index (χ0) is 14.5. The summed E-state index contributed by atoms with van der Waals surface area (Å²) in [5.74, 6) is 1.52. The monoisotopic (exact) mass is 269 g/mol. The summed E-state index contributed by atoms with van der Waals surface area (Å²) in [6.07, 6.45) is 1.82. The van der Waals surface area contributed by atoms with Gasteiger partial charge in [0.25, 0.3) is 0 Å². The van der Waals surface area contributed by atoms with E-state index in [1.54, 1.807) is 14.2 Å². The summed E-state index contributed by atoms with van der Waals surface area (Å²) in [6, 6.07) is 11.9. The first-order chi connectivity index (χ1) is 9.63. The molecule has 0 aliphatic carbocycles. The van der Waals surface area contributed by atoms with Gasteiger partial charge < -0.3 is 9.47 Å². The molecule has 2 rings (SSSR count). The Morgan fingerprint density at radius 2 is 1.75 bits per heavy atom. The number of benzene rings is 2. The molecule has 2 aromatic carbocycles. The minimum Gasteiger partial charge on any atom is -0.497 e. The third-order valence-corrected chi connectivity index (χ3v) is 3.15. The molecule has 0 amide bonds. The van der Waals surface area contributed by atoms with Crippen molar-refractivity contribution in [2.24, 2.45) is 4.99 Å². The number of methoxy groups -OCH3 is 2. The molecule has 0 saturated carbocycles. The Balaban J connectivity index is 2.33. The Kier molecular flexibility index (Phi) is 4.41. The van der Waals surface area contributed by atoms with Crippen LogP contribution in [-0.4, -0.2) is 20.4 Å². The van der Waals surface area contributed by atoms with Gasteiger partial charge in [0.05, 0.1) is 19.9 Å². The summed E-state index contributed by atoms with van der Waals surface area (Å²) in [7, 11) is 3.28. The van der Waals surface area contributed by atoms with Crippen LogP contribution in [0.4, 0.5) is 5.69 Å². The molecule has 3 nitrogen and oxygen atoms in total. The van der Waals surface area contributed by atoms with Crippen molar-refractivity contribution in [1.29, 1.82) is 0 Å². The number of rotatable bonds is 4. The zero-order valence-electron chi connectivity index (χ0n) is 12.3. The minimum absolute atomic E-state index is 0.749. The summed E-state index contributed by atoms with van der Waals surface area (Å²) < 4.78 is 10.5. The highest BCUT2D eigenvalue weighted by Gasteiger charge is 2.03. The van der Waals surface area contributed by atoms with Crippen LogP contribution in [-0.2, 0) is 0 Å². The molecule has 0 saturated heterocycles. The fraction of sp³-hybridized carbons (Fsp3) is 0.235. The van der Waals surface area contributed by atoms with Crippen LogP contribution >= 0.6 is 0 Å². The minimum atomic E-state index is 0.749. The summed E-state index contributed by atoms with van der Waals surface area (Å²) in [4.78, 5) is 4.56. The third-order valence-electron chi connectivity index (χ3n) is 3.15. The summed E-state index contributed by atoms with van der Waals surface area (Å²) in [6.45, 7) is 4.11. The molecule has 0 bridgehead atoms. The fourth-order valence-electron chi connectivity index (χ4n) is 1.92. The maximum Gasteiger partial charge on any atom is 0.131 e. The van der Waals surface area contributed by atoms with Gasteiger partial charge >= 0.3 is 0 Å². The number of aryl methyl sites for hydroxylation is 2. The summed E-state index contributed by atoms with van der Waals surface area (Å²) in [5, 5.41) is 0. The second kappa shape index (κ2) is 6.24. The van der Waals surface area contributed by atoms with E-state index in [0.717, 1.165) is 28.3 Å². The van der Waals surface area contributed by atoms with Crippen LogP contribution in [0, 0.1) is 13.8 Å². The van der Waals surface area contributed by atoms with Crippen molar-refractivity contribution < 1.29 is 9.47 Å². The van der Waals surface area contributed by atoms with Crippen molar-refractivity contribution >= 4 is 11.9 Å². The van der Waals surface area contributed by atoms with E-state index < -0.39 is 0 Å². The molecule has 20 heavy (non-hydrogen) atoms. The predicted molar refractivity (Wildman–Crippen MR) is 82.7 cm³/mol. The SMILES string of the molecule is COc1ccc(C=Nc2cc(C)ccc2C)c(OC)c1. The first-order valence-corrected chi connectivity index (χ1v) is 6.47. The van der Waals surface area contributed by atoms with Crippen LogP contribution in [0.2, 0.25) is 0 Å². The van der Waals surface area contributed by atoms with Crippen LogP contribution in [0.3, 0.4) is 0 Å². The lowest BCUT2D eigenvalue weighted by Gasteiger charge is -2.07. The predicted octanol–water partition coefficient (Wildman–Crippen LogP) is 4.07. The number of nitrogens with zero attached hydrogens (tertiary/aromatic N) is 1. The van der Waals surface area contributed by atoms with E-state index in [0.29, 0.717) is 0 Å². The highest BCUT2D eigenvalue weighted by atomic mass is 16.5. The van der Waals surface area contributed by atoms with E-state index in [-0.39, 0.29) is 0 Å². The average Bonchev–Trinajstić information content (AvgIpc) is 2.48. The van der Waals surface area contributed by atoms with Gasteiger partial charge in [-0.2, -0.15) is 0 Å². The van der Waals surface area contributed by atoms with Gasteiger partial charge in [0, 0.05) is 17.8 Å². The molecule has 0 unspecified atom stereocenters. The highest BCUT2D eigenvalue weighted by molar-refractivity contribution is 5.86. The van der Waals surface area contributed by atoms with Gasteiger partial charge in [-0.1, -0.05) is 12.1 Å². The van der Waals surface area contributed by atoms with Gasteiger partial charge in [0.15, 0.2) is 0 Å². The number of hydrogen-bond donors (Lipinski definition) is 0. The van der Waals surface area contributed by atoms with E-state index in [9.17, 15) is 0 Å². The van der Waals surface area contributed by atoms with Crippen LogP contribution in [0.5, 0.6) is 11.5 Å². The molecule has 104 valence electrons. The van der Waals surface area contributed by atoms with E-state index in [1.807, 2.05) is 24.4 Å². The first-order valence-electron chi connectivity index (χ1n) is 6.47. The van der Waals surface area contributed by atoms with Gasteiger partial charge in [-0.3, -0.25) is 4.99 Å². The van der Waals surface area contributed by atoms with Gasteiger partial charge in [0.2, 0.25) is 0 Å². The van der Waals surface area contributed by atoms with Crippen LogP contribution in [0.1, 0.15) is 16.7 Å². The Labute approximate surface area is 119 Å². The molecule has 0 atom stereocenters. The molecular weight excluding hydrogens is 250 g/mol. The van der Waals surface area contributed by atoms with Crippen LogP contribution in [0.25, 0.3) is 0 Å². The lowest BCUT2D eigenvalue weighted by Crippen LogP contribution is -1.92. The van der Waals surface area contributed by atoms with Gasteiger partial charge in [-0.15, -0.1) is 0 Å². The third kappa shape index (κ3) is 3.18. The number of aliphatic imine (C=N–C) groups is 1. The quantitative estimate of drug-likeness (QED) is 0.783. The molecule has 0 aliphatic rings. The van der Waals surface area contributed by atoms with Crippen molar-refractivity contribution in [3.63, 3.8) is 0 Å². The van der Waals surface area contributed by atoms with Crippen molar-refractivity contribution in [1.82, 2.24) is 0 Å². The molecule has 0 aliphatic heterocycles. The van der Waals surface area contributed by atoms with Crippen LogP contribution in [0.15, 0.2) is 41.4 Å². The van der Waals surface area contributed by atoms with Crippen molar-refractivity contribution in [2.75, 3.05) is 14.2 Å². The van der Waals surface area contributed by atoms with Crippen molar-refractivity contribution in [3.8, 4) is 11.5 Å².